The Balaban J connectivity index is 1.70. The van der Waals surface area contributed by atoms with Gasteiger partial charge >= 0.3 is 0 Å². The number of hydrogen-bond acceptors (Lipinski definition) is 6. The minimum absolute atomic E-state index is 0.131. The number of nitrogens with zero attached hydrogens (tertiary/aromatic N) is 4. The number of thiophene rings is 1. The van der Waals surface area contributed by atoms with Crippen molar-refractivity contribution in [2.45, 2.75) is 0 Å². The van der Waals surface area contributed by atoms with Crippen molar-refractivity contribution in [1.82, 2.24) is 14.9 Å². The van der Waals surface area contributed by atoms with Gasteiger partial charge in [0, 0.05) is 32.2 Å². The average Bonchev–Trinajstić information content (AvgIpc) is 3.02. The van der Waals surface area contributed by atoms with E-state index in [0.29, 0.717) is 10.7 Å². The van der Waals surface area contributed by atoms with E-state index in [-0.39, 0.29) is 5.91 Å². The Labute approximate surface area is 127 Å². The number of amides is 1. The second-order valence-corrected chi connectivity index (χ2v) is 5.93. The van der Waals surface area contributed by atoms with E-state index in [1.54, 1.807) is 6.07 Å². The molecule has 2 aromatic heterocycles. The van der Waals surface area contributed by atoms with E-state index in [9.17, 15) is 4.79 Å². The molecule has 21 heavy (non-hydrogen) atoms. The van der Waals surface area contributed by atoms with Gasteiger partial charge in [0.1, 0.15) is 18.0 Å². The molecule has 6 nitrogen and oxygen atoms in total. The van der Waals surface area contributed by atoms with Crippen molar-refractivity contribution in [2.24, 2.45) is 0 Å². The number of hydrogen-bond donors (Lipinski definition) is 1. The van der Waals surface area contributed by atoms with Gasteiger partial charge in [-0.2, -0.15) is 0 Å². The third-order valence-electron chi connectivity index (χ3n) is 3.47. The maximum absolute atomic E-state index is 12.0. The molecule has 0 saturated carbocycles. The van der Waals surface area contributed by atoms with Gasteiger partial charge < -0.3 is 15.1 Å². The summed E-state index contributed by atoms with van der Waals surface area (Å²) in [6, 6.07) is 5.48. The lowest BCUT2D eigenvalue weighted by atomic mass is 10.3. The molecule has 110 valence electrons. The molecular weight excluding hydrogens is 286 g/mol. The van der Waals surface area contributed by atoms with E-state index in [1.165, 1.54) is 17.7 Å². The minimum Gasteiger partial charge on any atom is -0.354 e. The fourth-order valence-electron chi connectivity index (χ4n) is 2.21. The predicted molar refractivity (Wildman–Crippen MR) is 84.0 cm³/mol. The highest BCUT2D eigenvalue weighted by Gasteiger charge is 2.16. The first-order chi connectivity index (χ1) is 10.2. The summed E-state index contributed by atoms with van der Waals surface area (Å²) in [4.78, 5) is 25.6. The van der Waals surface area contributed by atoms with Crippen LogP contribution in [0.2, 0.25) is 0 Å². The predicted octanol–water partition coefficient (Wildman–Crippen LogP) is 1.54. The average molecular weight is 303 g/mol. The maximum Gasteiger partial charge on any atom is 0.266 e. The van der Waals surface area contributed by atoms with Crippen LogP contribution in [0.4, 0.5) is 11.6 Å². The smallest absolute Gasteiger partial charge is 0.266 e. The van der Waals surface area contributed by atoms with Crippen molar-refractivity contribution in [3.63, 3.8) is 0 Å². The molecule has 0 atom stereocenters. The van der Waals surface area contributed by atoms with Crippen molar-refractivity contribution >= 4 is 28.9 Å². The van der Waals surface area contributed by atoms with Crippen LogP contribution in [0, 0.1) is 0 Å². The second kappa shape index (κ2) is 6.19. The number of carbonyl (C=O) groups is 1. The van der Waals surface area contributed by atoms with Gasteiger partial charge in [-0.05, 0) is 18.5 Å². The molecule has 0 aliphatic carbocycles. The third kappa shape index (κ3) is 3.37. The number of rotatable bonds is 3. The molecule has 3 rings (SSSR count). The summed E-state index contributed by atoms with van der Waals surface area (Å²) in [5, 5.41) is 4.70. The van der Waals surface area contributed by atoms with Gasteiger partial charge in [0.05, 0.1) is 4.88 Å². The molecule has 2 aromatic rings. The van der Waals surface area contributed by atoms with Crippen molar-refractivity contribution in [1.29, 1.82) is 0 Å². The Morgan fingerprint density at radius 1 is 1.29 bits per heavy atom. The van der Waals surface area contributed by atoms with E-state index in [4.69, 9.17) is 0 Å². The molecule has 0 aromatic carbocycles. The molecule has 0 spiro atoms. The number of carbonyl (C=O) groups excluding carboxylic acids is 1. The van der Waals surface area contributed by atoms with Crippen molar-refractivity contribution in [3.05, 3.63) is 34.8 Å². The quantitative estimate of drug-likeness (QED) is 0.932. The van der Waals surface area contributed by atoms with Crippen LogP contribution < -0.4 is 10.2 Å². The number of anilines is 2. The highest BCUT2D eigenvalue weighted by molar-refractivity contribution is 7.12. The van der Waals surface area contributed by atoms with Crippen molar-refractivity contribution in [3.8, 4) is 0 Å². The molecule has 0 unspecified atom stereocenters. The third-order valence-corrected chi connectivity index (χ3v) is 4.34. The Morgan fingerprint density at radius 3 is 2.81 bits per heavy atom. The highest BCUT2D eigenvalue weighted by atomic mass is 32.1. The molecular formula is C14H17N5OS. The molecule has 1 amide bonds. The second-order valence-electron chi connectivity index (χ2n) is 4.98. The summed E-state index contributed by atoms with van der Waals surface area (Å²) >= 11 is 1.41. The molecule has 0 bridgehead atoms. The van der Waals surface area contributed by atoms with Gasteiger partial charge in [-0.15, -0.1) is 11.3 Å². The zero-order chi connectivity index (χ0) is 14.7. The lowest BCUT2D eigenvalue weighted by molar-refractivity contribution is 0.103. The van der Waals surface area contributed by atoms with Crippen LogP contribution >= 0.6 is 11.3 Å². The summed E-state index contributed by atoms with van der Waals surface area (Å²) < 4.78 is 0. The van der Waals surface area contributed by atoms with Crippen LogP contribution in [0.5, 0.6) is 0 Å². The van der Waals surface area contributed by atoms with Gasteiger partial charge in [0.2, 0.25) is 0 Å². The lowest BCUT2D eigenvalue weighted by Gasteiger charge is -2.33. The Kier molecular flexibility index (Phi) is 4.12. The molecule has 3 heterocycles. The lowest BCUT2D eigenvalue weighted by Crippen LogP contribution is -2.44. The molecule has 7 heteroatoms. The number of aromatic nitrogens is 2. The van der Waals surface area contributed by atoms with Crippen LogP contribution in [0.1, 0.15) is 9.67 Å². The van der Waals surface area contributed by atoms with E-state index >= 15 is 0 Å². The Bertz CT molecular complexity index is 608. The van der Waals surface area contributed by atoms with E-state index < -0.39 is 0 Å². The standard InChI is InChI=1S/C14H17N5OS/c1-18-4-6-19(7-5-18)13-9-12(15-10-16-13)17-14(20)11-3-2-8-21-11/h2-3,8-10H,4-7H2,1H3,(H,15,16,17,20). The summed E-state index contributed by atoms with van der Waals surface area (Å²) in [6.07, 6.45) is 1.50. The van der Waals surface area contributed by atoms with Crippen LogP contribution in [0.25, 0.3) is 0 Å². The van der Waals surface area contributed by atoms with Crippen LogP contribution in [0.3, 0.4) is 0 Å². The first kappa shape index (κ1) is 14.0. The van der Waals surface area contributed by atoms with Gasteiger partial charge in [-0.25, -0.2) is 9.97 Å². The fourth-order valence-corrected chi connectivity index (χ4v) is 2.83. The number of likely N-dealkylation sites (N-methyl/N-ethyl adjacent to an activating group) is 1. The van der Waals surface area contributed by atoms with Gasteiger partial charge in [0.15, 0.2) is 0 Å². The zero-order valence-corrected chi connectivity index (χ0v) is 12.6. The summed E-state index contributed by atoms with van der Waals surface area (Å²) in [7, 11) is 2.12. The largest absolute Gasteiger partial charge is 0.354 e. The van der Waals surface area contributed by atoms with Gasteiger partial charge in [-0.3, -0.25) is 4.79 Å². The molecule has 1 aliphatic rings. The molecule has 0 radical (unpaired) electrons. The Hall–Kier alpha value is -1.99. The Morgan fingerprint density at radius 2 is 2.10 bits per heavy atom. The normalized spacial score (nSPS) is 16.0. The summed E-state index contributed by atoms with van der Waals surface area (Å²) in [5.74, 6) is 1.27. The fraction of sp³-hybridized carbons (Fsp3) is 0.357. The summed E-state index contributed by atoms with van der Waals surface area (Å²) in [6.45, 7) is 3.90. The van der Waals surface area contributed by atoms with E-state index in [2.05, 4.69) is 32.1 Å². The van der Waals surface area contributed by atoms with Crippen molar-refractivity contribution in [2.75, 3.05) is 43.4 Å². The van der Waals surface area contributed by atoms with Crippen LogP contribution in [0.15, 0.2) is 29.9 Å². The monoisotopic (exact) mass is 303 g/mol. The molecule has 1 aliphatic heterocycles. The van der Waals surface area contributed by atoms with Crippen molar-refractivity contribution < 1.29 is 4.79 Å². The van der Waals surface area contributed by atoms with Crippen LogP contribution in [-0.2, 0) is 0 Å². The van der Waals surface area contributed by atoms with Crippen LogP contribution in [-0.4, -0.2) is 54.0 Å². The van der Waals surface area contributed by atoms with E-state index in [1.807, 2.05) is 17.5 Å². The van der Waals surface area contributed by atoms with Gasteiger partial charge in [-0.1, -0.05) is 6.07 Å². The molecule has 1 saturated heterocycles. The molecule has 1 fully saturated rings. The topological polar surface area (TPSA) is 61.4 Å². The zero-order valence-electron chi connectivity index (χ0n) is 11.8. The molecule has 1 N–H and O–H groups in total. The number of nitrogens with one attached hydrogen (secondary N) is 1. The van der Waals surface area contributed by atoms with Gasteiger partial charge in [0.25, 0.3) is 5.91 Å². The number of piperazine rings is 1. The maximum atomic E-state index is 12.0. The van der Waals surface area contributed by atoms with E-state index in [0.717, 1.165) is 32.0 Å². The SMILES string of the molecule is CN1CCN(c2cc(NC(=O)c3cccs3)ncn2)CC1. The first-order valence-corrected chi connectivity index (χ1v) is 7.71. The minimum atomic E-state index is -0.131. The summed E-state index contributed by atoms with van der Waals surface area (Å²) in [5.41, 5.74) is 0. The first-order valence-electron chi connectivity index (χ1n) is 6.83. The highest BCUT2D eigenvalue weighted by Crippen LogP contribution is 2.17.